The number of rotatable bonds is 9. The molecule has 216 valence electrons. The van der Waals surface area contributed by atoms with Crippen molar-refractivity contribution in [3.63, 3.8) is 0 Å². The summed E-state index contributed by atoms with van der Waals surface area (Å²) >= 11 is 0. The molecule has 0 aliphatic rings. The summed E-state index contributed by atoms with van der Waals surface area (Å²) in [5, 5.41) is 0. The fourth-order valence-electron chi connectivity index (χ4n) is 5.36. The van der Waals surface area contributed by atoms with Crippen LogP contribution in [0.3, 0.4) is 0 Å². The van der Waals surface area contributed by atoms with E-state index in [1.807, 2.05) is 44.2 Å². The lowest BCUT2D eigenvalue weighted by Gasteiger charge is -2.18. The van der Waals surface area contributed by atoms with Crippen LogP contribution in [-0.4, -0.2) is 23.0 Å². The van der Waals surface area contributed by atoms with Gasteiger partial charge in [0.05, 0.1) is 40.8 Å². The van der Waals surface area contributed by atoms with E-state index in [-0.39, 0.29) is 0 Å². The standard InChI is InChI=1S/C39H39N3O/c1-7-21-43-39-34(31-15-10-8-11-16-31)24-33(25-35(39)32-17-12-9-13-18-32)40-29(5)36-19-14-20-37(42-36)30(6)41-38-27(3)22-26(2)23-28(38)4/h8-20,22-25H,7,21H2,1-6H3/b40-29+,41-30+. The van der Waals surface area contributed by atoms with Crippen molar-refractivity contribution in [2.75, 3.05) is 6.61 Å². The van der Waals surface area contributed by atoms with Gasteiger partial charge in [-0.05, 0) is 87.6 Å². The first-order chi connectivity index (χ1) is 20.8. The number of aromatic nitrogens is 1. The molecular formula is C39H39N3O. The van der Waals surface area contributed by atoms with Gasteiger partial charge < -0.3 is 4.74 Å². The molecule has 0 fully saturated rings. The molecule has 5 aromatic rings. The van der Waals surface area contributed by atoms with E-state index in [1.54, 1.807) is 0 Å². The van der Waals surface area contributed by atoms with E-state index >= 15 is 0 Å². The Kier molecular flexibility index (Phi) is 9.26. The smallest absolute Gasteiger partial charge is 0.135 e. The molecule has 0 aliphatic carbocycles. The minimum atomic E-state index is 0.639. The van der Waals surface area contributed by atoms with Gasteiger partial charge >= 0.3 is 0 Å². The van der Waals surface area contributed by atoms with Crippen molar-refractivity contribution >= 4 is 22.8 Å². The second-order valence-electron chi connectivity index (χ2n) is 11.0. The van der Waals surface area contributed by atoms with Crippen LogP contribution in [0, 0.1) is 20.8 Å². The normalized spacial score (nSPS) is 12.0. The molecule has 0 atom stereocenters. The van der Waals surface area contributed by atoms with Crippen molar-refractivity contribution in [2.45, 2.75) is 48.0 Å². The van der Waals surface area contributed by atoms with E-state index in [9.17, 15) is 0 Å². The van der Waals surface area contributed by atoms with Gasteiger partial charge in [0.15, 0.2) is 0 Å². The van der Waals surface area contributed by atoms with Gasteiger partial charge in [0, 0.05) is 11.1 Å². The number of benzene rings is 4. The molecule has 5 rings (SSSR count). The summed E-state index contributed by atoms with van der Waals surface area (Å²) in [5.74, 6) is 0.879. The maximum absolute atomic E-state index is 6.41. The first-order valence-electron chi connectivity index (χ1n) is 14.9. The van der Waals surface area contributed by atoms with Crippen LogP contribution >= 0.6 is 0 Å². The van der Waals surface area contributed by atoms with E-state index < -0.39 is 0 Å². The highest BCUT2D eigenvalue weighted by molar-refractivity contribution is 6.02. The molecule has 0 aliphatic heterocycles. The van der Waals surface area contributed by atoms with Gasteiger partial charge in [-0.3, -0.25) is 9.98 Å². The van der Waals surface area contributed by atoms with Crippen molar-refractivity contribution < 1.29 is 4.74 Å². The molecule has 1 heterocycles. The van der Waals surface area contributed by atoms with Crippen LogP contribution in [0.15, 0.2) is 113 Å². The summed E-state index contributed by atoms with van der Waals surface area (Å²) in [6, 6.07) is 35.4. The predicted molar refractivity (Wildman–Crippen MR) is 182 cm³/mol. The van der Waals surface area contributed by atoms with Crippen molar-refractivity contribution in [2.24, 2.45) is 9.98 Å². The van der Waals surface area contributed by atoms with E-state index in [2.05, 4.69) is 100 Å². The van der Waals surface area contributed by atoms with Gasteiger partial charge in [-0.15, -0.1) is 0 Å². The maximum Gasteiger partial charge on any atom is 0.135 e. The molecule has 43 heavy (non-hydrogen) atoms. The molecule has 0 saturated carbocycles. The van der Waals surface area contributed by atoms with Crippen LogP contribution in [-0.2, 0) is 0 Å². The molecular weight excluding hydrogens is 526 g/mol. The summed E-state index contributed by atoms with van der Waals surface area (Å²) in [4.78, 5) is 15.1. The van der Waals surface area contributed by atoms with E-state index in [0.717, 1.165) is 68.6 Å². The Morgan fingerprint density at radius 3 is 1.67 bits per heavy atom. The number of aliphatic imine (C=N–C) groups is 2. The number of pyridine rings is 1. The van der Waals surface area contributed by atoms with Crippen LogP contribution in [0.4, 0.5) is 11.4 Å². The zero-order valence-electron chi connectivity index (χ0n) is 26.0. The second-order valence-corrected chi connectivity index (χ2v) is 11.0. The summed E-state index contributed by atoms with van der Waals surface area (Å²) in [5.41, 5.74) is 13.0. The summed E-state index contributed by atoms with van der Waals surface area (Å²) < 4.78 is 6.41. The molecule has 4 aromatic carbocycles. The molecule has 0 unspecified atom stereocenters. The first kappa shape index (κ1) is 29.7. The minimum Gasteiger partial charge on any atom is -0.492 e. The molecule has 0 radical (unpaired) electrons. The Morgan fingerprint density at radius 2 is 1.16 bits per heavy atom. The molecule has 1 aromatic heterocycles. The average Bonchev–Trinajstić information content (AvgIpc) is 3.02. The Labute approximate surface area is 255 Å². The fourth-order valence-corrected chi connectivity index (χ4v) is 5.36. The van der Waals surface area contributed by atoms with Crippen LogP contribution in [0.25, 0.3) is 22.3 Å². The Hall–Kier alpha value is -4.83. The Bertz CT molecular complexity index is 1700. The van der Waals surface area contributed by atoms with Gasteiger partial charge in [0.1, 0.15) is 5.75 Å². The van der Waals surface area contributed by atoms with Crippen molar-refractivity contribution in [1.82, 2.24) is 4.98 Å². The highest BCUT2D eigenvalue weighted by atomic mass is 16.5. The van der Waals surface area contributed by atoms with Crippen LogP contribution < -0.4 is 4.74 Å². The lowest BCUT2D eigenvalue weighted by atomic mass is 9.96. The third kappa shape index (κ3) is 6.98. The topological polar surface area (TPSA) is 46.8 Å². The lowest BCUT2D eigenvalue weighted by molar-refractivity contribution is 0.320. The van der Waals surface area contributed by atoms with Crippen molar-refractivity contribution in [3.8, 4) is 28.0 Å². The summed E-state index contributed by atoms with van der Waals surface area (Å²) in [6.45, 7) is 13.1. The van der Waals surface area contributed by atoms with Gasteiger partial charge in [-0.2, -0.15) is 0 Å². The quantitative estimate of drug-likeness (QED) is 0.167. The first-order valence-corrected chi connectivity index (χ1v) is 14.9. The second kappa shape index (κ2) is 13.4. The molecule has 4 nitrogen and oxygen atoms in total. The number of nitrogens with zero attached hydrogens (tertiary/aromatic N) is 3. The number of ether oxygens (including phenoxy) is 1. The number of hydrogen-bond acceptors (Lipinski definition) is 4. The Balaban J connectivity index is 1.58. The number of aryl methyl sites for hydroxylation is 3. The average molecular weight is 566 g/mol. The minimum absolute atomic E-state index is 0.639. The molecule has 0 saturated heterocycles. The monoisotopic (exact) mass is 565 g/mol. The SMILES string of the molecule is CCCOc1c(-c2ccccc2)cc(/N=C(\C)c2cccc(/C(C)=N/c3c(C)cc(C)cc3C)n2)cc1-c1ccccc1. The van der Waals surface area contributed by atoms with E-state index in [4.69, 9.17) is 19.7 Å². The van der Waals surface area contributed by atoms with E-state index in [1.165, 1.54) is 16.7 Å². The van der Waals surface area contributed by atoms with Gasteiger partial charge in [-0.1, -0.05) is 91.3 Å². The lowest BCUT2D eigenvalue weighted by Crippen LogP contribution is -2.05. The fraction of sp³-hybridized carbons (Fsp3) is 0.205. The third-order valence-corrected chi connectivity index (χ3v) is 7.40. The predicted octanol–water partition coefficient (Wildman–Crippen LogP) is 10.4. The third-order valence-electron chi connectivity index (χ3n) is 7.40. The van der Waals surface area contributed by atoms with Crippen molar-refractivity contribution in [3.05, 3.63) is 131 Å². The largest absolute Gasteiger partial charge is 0.492 e. The van der Waals surface area contributed by atoms with Crippen LogP contribution in [0.5, 0.6) is 5.75 Å². The van der Waals surface area contributed by atoms with Crippen LogP contribution in [0.2, 0.25) is 0 Å². The van der Waals surface area contributed by atoms with Crippen molar-refractivity contribution in [1.29, 1.82) is 0 Å². The summed E-state index contributed by atoms with van der Waals surface area (Å²) in [7, 11) is 0. The molecule has 4 heteroatoms. The highest BCUT2D eigenvalue weighted by Gasteiger charge is 2.16. The zero-order chi connectivity index (χ0) is 30.3. The summed E-state index contributed by atoms with van der Waals surface area (Å²) in [6.07, 6.45) is 0.926. The number of hydrogen-bond donors (Lipinski definition) is 0. The van der Waals surface area contributed by atoms with Gasteiger partial charge in [0.25, 0.3) is 0 Å². The van der Waals surface area contributed by atoms with Crippen LogP contribution in [0.1, 0.15) is 55.3 Å². The van der Waals surface area contributed by atoms with Gasteiger partial charge in [-0.25, -0.2) is 4.98 Å². The highest BCUT2D eigenvalue weighted by Crippen LogP contribution is 2.42. The maximum atomic E-state index is 6.41. The van der Waals surface area contributed by atoms with Gasteiger partial charge in [0.2, 0.25) is 0 Å². The Morgan fingerprint density at radius 1 is 0.651 bits per heavy atom. The molecule has 0 N–H and O–H groups in total. The molecule has 0 bridgehead atoms. The van der Waals surface area contributed by atoms with E-state index in [0.29, 0.717) is 6.61 Å². The molecule has 0 spiro atoms. The molecule has 0 amide bonds. The zero-order valence-corrected chi connectivity index (χ0v) is 26.0.